The molecule has 23 heavy (non-hydrogen) atoms. The Morgan fingerprint density at radius 1 is 1.43 bits per heavy atom. The molecule has 122 valence electrons. The minimum Gasteiger partial charge on any atom is -0.445 e. The van der Waals surface area contributed by atoms with E-state index in [2.05, 4.69) is 15.6 Å². The fraction of sp³-hybridized carbons (Fsp3) is 0.412. The maximum atomic E-state index is 12.2. The van der Waals surface area contributed by atoms with E-state index >= 15 is 0 Å². The van der Waals surface area contributed by atoms with Gasteiger partial charge in [-0.2, -0.15) is 0 Å². The fourth-order valence-electron chi connectivity index (χ4n) is 3.06. The molecule has 2 atom stereocenters. The third-order valence-corrected chi connectivity index (χ3v) is 4.57. The zero-order chi connectivity index (χ0) is 16.3. The highest BCUT2D eigenvalue weighted by Crippen LogP contribution is 2.37. The van der Waals surface area contributed by atoms with Gasteiger partial charge in [0.15, 0.2) is 0 Å². The number of anilines is 1. The Hall–Kier alpha value is -2.34. The van der Waals surface area contributed by atoms with E-state index in [0.29, 0.717) is 11.6 Å². The average Bonchev–Trinajstić information content (AvgIpc) is 3.19. The zero-order valence-electron chi connectivity index (χ0n) is 13.1. The van der Waals surface area contributed by atoms with Gasteiger partial charge in [-0.15, -0.1) is 0 Å². The number of urea groups is 1. The summed E-state index contributed by atoms with van der Waals surface area (Å²) in [5, 5.41) is 15.3. The van der Waals surface area contributed by atoms with Crippen LogP contribution in [0.4, 0.5) is 10.5 Å². The number of carbonyl (C=O) groups is 1. The Kier molecular flexibility index (Phi) is 4.34. The van der Waals surface area contributed by atoms with Crippen LogP contribution in [0.25, 0.3) is 11.5 Å². The van der Waals surface area contributed by atoms with Crippen molar-refractivity contribution in [3.63, 3.8) is 0 Å². The molecule has 2 aromatic rings. The van der Waals surface area contributed by atoms with E-state index in [0.717, 1.165) is 24.8 Å². The second kappa shape index (κ2) is 6.42. The van der Waals surface area contributed by atoms with Crippen molar-refractivity contribution in [1.82, 2.24) is 10.3 Å². The molecule has 0 bridgehead atoms. The van der Waals surface area contributed by atoms with Gasteiger partial charge in [0.25, 0.3) is 0 Å². The van der Waals surface area contributed by atoms with Crippen molar-refractivity contribution in [2.75, 3.05) is 11.9 Å². The molecule has 3 N–H and O–H groups in total. The van der Waals surface area contributed by atoms with Gasteiger partial charge in [-0.3, -0.25) is 0 Å². The lowest BCUT2D eigenvalue weighted by Gasteiger charge is -2.30. The van der Waals surface area contributed by atoms with E-state index in [-0.39, 0.29) is 24.1 Å². The van der Waals surface area contributed by atoms with Crippen LogP contribution in [0.5, 0.6) is 0 Å². The topological polar surface area (TPSA) is 87.4 Å². The number of carbonyl (C=O) groups excluding carboxylic acids is 1. The Morgan fingerprint density at radius 2 is 2.22 bits per heavy atom. The van der Waals surface area contributed by atoms with Crippen LogP contribution in [0, 0.1) is 5.41 Å². The minimum atomic E-state index is -0.250. The molecule has 1 aromatic heterocycles. The van der Waals surface area contributed by atoms with Gasteiger partial charge >= 0.3 is 6.03 Å². The molecule has 0 spiro atoms. The summed E-state index contributed by atoms with van der Waals surface area (Å²) in [7, 11) is 0. The number of benzene rings is 1. The lowest BCUT2D eigenvalue weighted by atomic mass is 9.86. The molecule has 1 fully saturated rings. The number of aliphatic hydroxyl groups excluding tert-OH is 1. The lowest BCUT2D eigenvalue weighted by molar-refractivity contribution is 0.122. The summed E-state index contributed by atoms with van der Waals surface area (Å²) < 4.78 is 5.23. The van der Waals surface area contributed by atoms with Crippen LogP contribution < -0.4 is 10.6 Å². The summed E-state index contributed by atoms with van der Waals surface area (Å²) >= 11 is 0. The van der Waals surface area contributed by atoms with Gasteiger partial charge in [0.05, 0.1) is 12.8 Å². The van der Waals surface area contributed by atoms with Gasteiger partial charge in [-0.25, -0.2) is 9.78 Å². The molecule has 0 saturated heterocycles. The van der Waals surface area contributed by atoms with Gasteiger partial charge in [-0.1, -0.05) is 13.3 Å². The van der Waals surface area contributed by atoms with E-state index in [4.69, 9.17) is 4.42 Å². The van der Waals surface area contributed by atoms with E-state index in [1.165, 1.54) is 6.26 Å². The average molecular weight is 315 g/mol. The van der Waals surface area contributed by atoms with Crippen molar-refractivity contribution in [2.45, 2.75) is 32.2 Å². The lowest BCUT2D eigenvalue weighted by Crippen LogP contribution is -2.46. The summed E-state index contributed by atoms with van der Waals surface area (Å²) in [4.78, 5) is 16.2. The summed E-state index contributed by atoms with van der Waals surface area (Å²) in [6.45, 7) is 2.10. The normalized spacial score (nSPS) is 23.7. The number of rotatable bonds is 4. The molecule has 1 saturated carbocycles. The maximum Gasteiger partial charge on any atom is 0.319 e. The molecule has 2 amide bonds. The summed E-state index contributed by atoms with van der Waals surface area (Å²) in [5.74, 6) is 0.547. The molecule has 0 aliphatic heterocycles. The number of aliphatic hydroxyl groups is 1. The first kappa shape index (κ1) is 15.6. The standard InChI is InChI=1S/C17H21N3O3/c1-17(11-21)8-2-3-14(17)20-16(22)19-13-6-4-12(5-7-13)15-18-9-10-23-15/h4-7,9-10,14,21H,2-3,8,11H2,1H3,(H2,19,20,22). The van der Waals surface area contributed by atoms with Crippen molar-refractivity contribution in [3.05, 3.63) is 36.7 Å². The van der Waals surface area contributed by atoms with Crippen LogP contribution in [0.15, 0.2) is 41.1 Å². The first-order chi connectivity index (χ1) is 11.1. The Labute approximate surface area is 134 Å². The van der Waals surface area contributed by atoms with Crippen LogP contribution in [-0.2, 0) is 0 Å². The molecular weight excluding hydrogens is 294 g/mol. The van der Waals surface area contributed by atoms with Crippen LogP contribution in [0.1, 0.15) is 26.2 Å². The molecule has 6 nitrogen and oxygen atoms in total. The summed E-state index contributed by atoms with van der Waals surface area (Å²) in [5.41, 5.74) is 1.32. The Morgan fingerprint density at radius 3 is 2.87 bits per heavy atom. The second-order valence-corrected chi connectivity index (χ2v) is 6.27. The Bertz CT molecular complexity index is 654. The monoisotopic (exact) mass is 315 g/mol. The smallest absolute Gasteiger partial charge is 0.319 e. The number of oxazole rings is 1. The minimum absolute atomic E-state index is 0.000841. The largest absolute Gasteiger partial charge is 0.445 e. The number of nitrogens with zero attached hydrogens (tertiary/aromatic N) is 1. The first-order valence-electron chi connectivity index (χ1n) is 7.79. The summed E-state index contributed by atoms with van der Waals surface area (Å²) in [6.07, 6.45) is 5.96. The van der Waals surface area contributed by atoms with Crippen LogP contribution in [0.2, 0.25) is 0 Å². The van der Waals surface area contributed by atoms with Gasteiger partial charge in [-0.05, 0) is 37.1 Å². The van der Waals surface area contributed by atoms with Crippen molar-refractivity contribution in [3.8, 4) is 11.5 Å². The molecule has 6 heteroatoms. The van der Waals surface area contributed by atoms with Crippen LogP contribution in [0.3, 0.4) is 0 Å². The number of aromatic nitrogens is 1. The molecule has 1 aromatic carbocycles. The molecule has 3 rings (SSSR count). The number of nitrogens with one attached hydrogen (secondary N) is 2. The number of hydrogen-bond donors (Lipinski definition) is 3. The van der Waals surface area contributed by atoms with E-state index < -0.39 is 0 Å². The molecule has 2 unspecified atom stereocenters. The SMILES string of the molecule is CC1(CO)CCCC1NC(=O)Nc1ccc(-c2ncco2)cc1. The first-order valence-corrected chi connectivity index (χ1v) is 7.79. The van der Waals surface area contributed by atoms with Gasteiger partial charge in [0, 0.05) is 22.7 Å². The molecule has 1 aliphatic carbocycles. The van der Waals surface area contributed by atoms with Crippen LogP contribution >= 0.6 is 0 Å². The second-order valence-electron chi connectivity index (χ2n) is 6.27. The summed E-state index contributed by atoms with van der Waals surface area (Å²) in [6, 6.07) is 7.04. The quantitative estimate of drug-likeness (QED) is 0.809. The maximum absolute atomic E-state index is 12.2. The molecule has 0 radical (unpaired) electrons. The van der Waals surface area contributed by atoms with E-state index in [1.54, 1.807) is 18.3 Å². The predicted molar refractivity (Wildman–Crippen MR) is 86.9 cm³/mol. The third kappa shape index (κ3) is 3.37. The molecule has 1 heterocycles. The predicted octanol–water partition coefficient (Wildman–Crippen LogP) is 3.01. The molecular formula is C17H21N3O3. The Balaban J connectivity index is 1.60. The highest BCUT2D eigenvalue weighted by Gasteiger charge is 2.39. The molecule has 1 aliphatic rings. The van der Waals surface area contributed by atoms with Crippen molar-refractivity contribution >= 4 is 11.7 Å². The third-order valence-electron chi connectivity index (χ3n) is 4.57. The number of hydrogen-bond acceptors (Lipinski definition) is 4. The van der Waals surface area contributed by atoms with Gasteiger partial charge < -0.3 is 20.2 Å². The zero-order valence-corrected chi connectivity index (χ0v) is 13.1. The fourth-order valence-corrected chi connectivity index (χ4v) is 3.06. The highest BCUT2D eigenvalue weighted by molar-refractivity contribution is 5.89. The van der Waals surface area contributed by atoms with Gasteiger partial charge in [0.2, 0.25) is 5.89 Å². The van der Waals surface area contributed by atoms with Crippen molar-refractivity contribution < 1.29 is 14.3 Å². The van der Waals surface area contributed by atoms with Crippen molar-refractivity contribution in [2.24, 2.45) is 5.41 Å². The van der Waals surface area contributed by atoms with E-state index in [1.807, 2.05) is 19.1 Å². The van der Waals surface area contributed by atoms with Gasteiger partial charge in [0.1, 0.15) is 6.26 Å². The van der Waals surface area contributed by atoms with Crippen LogP contribution in [-0.4, -0.2) is 28.8 Å². The van der Waals surface area contributed by atoms with E-state index in [9.17, 15) is 9.90 Å². The highest BCUT2D eigenvalue weighted by atomic mass is 16.3. The van der Waals surface area contributed by atoms with Crippen molar-refractivity contribution in [1.29, 1.82) is 0 Å². The number of amides is 2.